The first-order valence-corrected chi connectivity index (χ1v) is 3.43. The van der Waals surface area contributed by atoms with Crippen LogP contribution >= 0.6 is 0 Å². The summed E-state index contributed by atoms with van der Waals surface area (Å²) in [5, 5.41) is 11.6. The second-order valence-electron chi connectivity index (χ2n) is 2.81. The lowest BCUT2D eigenvalue weighted by Gasteiger charge is -2.01. The summed E-state index contributed by atoms with van der Waals surface area (Å²) in [7, 11) is 0. The molecule has 0 aromatic heterocycles. The quantitative estimate of drug-likeness (QED) is 0.563. The third-order valence-corrected chi connectivity index (χ3v) is 1.78. The minimum absolute atomic E-state index is 0.477. The molecule has 9 heavy (non-hydrogen) atoms. The molecule has 2 heteroatoms. The highest BCUT2D eigenvalue weighted by Gasteiger charge is 2.19. The molecule has 1 saturated heterocycles. The molecule has 1 aliphatic rings. The molecule has 2 nitrogen and oxygen atoms in total. The number of nitriles is 1. The molecule has 1 heterocycles. The van der Waals surface area contributed by atoms with E-state index < -0.39 is 0 Å². The lowest BCUT2D eigenvalue weighted by Crippen LogP contribution is -2.20. The Kier molecular flexibility index (Phi) is 2.07. The number of hydrogen-bond acceptors (Lipinski definition) is 2. The zero-order chi connectivity index (χ0) is 6.69. The summed E-state index contributed by atoms with van der Waals surface area (Å²) in [6.07, 6.45) is 1.85. The molecular weight excluding hydrogens is 112 g/mol. The van der Waals surface area contributed by atoms with E-state index in [9.17, 15) is 0 Å². The Balaban J connectivity index is 2.24. The Hall–Kier alpha value is -0.550. The van der Waals surface area contributed by atoms with Gasteiger partial charge < -0.3 is 5.32 Å². The van der Waals surface area contributed by atoms with Gasteiger partial charge in [-0.15, -0.1) is 0 Å². The molecule has 0 bridgehead atoms. The van der Waals surface area contributed by atoms with Crippen molar-refractivity contribution >= 4 is 0 Å². The average Bonchev–Trinajstić information content (AvgIpc) is 2.17. The Morgan fingerprint density at radius 3 is 3.00 bits per heavy atom. The van der Waals surface area contributed by atoms with E-state index in [1.54, 1.807) is 0 Å². The first-order valence-electron chi connectivity index (χ1n) is 3.43. The van der Waals surface area contributed by atoms with E-state index in [0.29, 0.717) is 12.5 Å². The van der Waals surface area contributed by atoms with Gasteiger partial charge in [0.15, 0.2) is 0 Å². The molecule has 0 saturated carbocycles. The van der Waals surface area contributed by atoms with Gasteiger partial charge in [-0.05, 0) is 18.9 Å². The van der Waals surface area contributed by atoms with Crippen LogP contribution in [0.5, 0.6) is 0 Å². The lowest BCUT2D eigenvalue weighted by atomic mass is 10.1. The van der Waals surface area contributed by atoms with E-state index in [-0.39, 0.29) is 0 Å². The van der Waals surface area contributed by atoms with Crippen molar-refractivity contribution in [2.24, 2.45) is 5.92 Å². The van der Waals surface area contributed by atoms with Crippen LogP contribution in [0.1, 0.15) is 19.8 Å². The molecule has 2 atom stereocenters. The molecule has 1 N–H and O–H groups in total. The number of rotatable bonds is 1. The Morgan fingerprint density at radius 1 is 1.78 bits per heavy atom. The molecule has 1 unspecified atom stereocenters. The van der Waals surface area contributed by atoms with Gasteiger partial charge in [-0.25, -0.2) is 0 Å². The number of nitrogens with zero attached hydrogens (tertiary/aromatic N) is 1. The van der Waals surface area contributed by atoms with Gasteiger partial charge in [-0.3, -0.25) is 0 Å². The normalized spacial score (nSPS) is 34.2. The van der Waals surface area contributed by atoms with Crippen LogP contribution in [0.25, 0.3) is 0 Å². The average molecular weight is 124 g/mol. The smallest absolute Gasteiger partial charge is 0.0638 e. The third-order valence-electron chi connectivity index (χ3n) is 1.78. The molecule has 0 aromatic carbocycles. The molecule has 0 amide bonds. The summed E-state index contributed by atoms with van der Waals surface area (Å²) >= 11 is 0. The maximum atomic E-state index is 8.32. The summed E-state index contributed by atoms with van der Waals surface area (Å²) in [6, 6.07) is 2.64. The second kappa shape index (κ2) is 2.84. The summed E-state index contributed by atoms with van der Waals surface area (Å²) in [4.78, 5) is 0. The Bertz CT molecular complexity index is 125. The number of hydrogen-bond donors (Lipinski definition) is 1. The van der Waals surface area contributed by atoms with E-state index >= 15 is 0 Å². The molecule has 50 valence electrons. The van der Waals surface area contributed by atoms with Gasteiger partial charge in [0.25, 0.3) is 0 Å². The third kappa shape index (κ3) is 1.69. The van der Waals surface area contributed by atoms with E-state index in [1.165, 1.54) is 6.42 Å². The largest absolute Gasteiger partial charge is 0.313 e. The van der Waals surface area contributed by atoms with Crippen molar-refractivity contribution in [3.05, 3.63) is 0 Å². The van der Waals surface area contributed by atoms with Crippen molar-refractivity contribution in [2.45, 2.75) is 25.8 Å². The van der Waals surface area contributed by atoms with Crippen LogP contribution in [-0.2, 0) is 0 Å². The SMILES string of the molecule is CC1CN[C@@H](CC#N)C1. The summed E-state index contributed by atoms with van der Waals surface area (Å²) in [6.45, 7) is 3.30. The Labute approximate surface area is 55.9 Å². The van der Waals surface area contributed by atoms with Gasteiger partial charge in [-0.2, -0.15) is 5.26 Å². The van der Waals surface area contributed by atoms with Crippen LogP contribution < -0.4 is 5.32 Å². The lowest BCUT2D eigenvalue weighted by molar-refractivity contribution is 0.594. The highest BCUT2D eigenvalue weighted by atomic mass is 14.9. The van der Waals surface area contributed by atoms with Crippen LogP contribution in [0, 0.1) is 17.2 Å². The van der Waals surface area contributed by atoms with E-state index in [2.05, 4.69) is 18.3 Å². The number of nitrogens with one attached hydrogen (secondary N) is 1. The van der Waals surface area contributed by atoms with Gasteiger partial charge in [0.05, 0.1) is 12.5 Å². The van der Waals surface area contributed by atoms with Crippen LogP contribution in [0.15, 0.2) is 0 Å². The van der Waals surface area contributed by atoms with Crippen molar-refractivity contribution in [1.29, 1.82) is 5.26 Å². The van der Waals surface area contributed by atoms with E-state index in [1.807, 2.05) is 0 Å². The predicted octanol–water partition coefficient (Wildman–Crippen LogP) is 0.898. The fraction of sp³-hybridized carbons (Fsp3) is 0.857. The molecule has 1 rings (SSSR count). The van der Waals surface area contributed by atoms with E-state index in [0.717, 1.165) is 12.5 Å². The summed E-state index contributed by atoms with van der Waals surface area (Å²) in [5.74, 6) is 0.767. The van der Waals surface area contributed by atoms with Crippen LogP contribution in [0.2, 0.25) is 0 Å². The standard InChI is InChI=1S/C7H12N2/c1-6-4-7(2-3-8)9-5-6/h6-7,9H,2,4-5H2,1H3/t6?,7-/m0/s1. The highest BCUT2D eigenvalue weighted by Crippen LogP contribution is 2.14. The molecule has 0 radical (unpaired) electrons. The Morgan fingerprint density at radius 2 is 2.56 bits per heavy atom. The van der Waals surface area contributed by atoms with E-state index in [4.69, 9.17) is 5.26 Å². The fourth-order valence-electron chi connectivity index (χ4n) is 1.29. The maximum absolute atomic E-state index is 8.32. The first-order chi connectivity index (χ1) is 4.33. The predicted molar refractivity (Wildman–Crippen MR) is 35.8 cm³/mol. The monoisotopic (exact) mass is 124 g/mol. The van der Waals surface area contributed by atoms with Crippen molar-refractivity contribution < 1.29 is 0 Å². The molecule has 0 aromatic rings. The topological polar surface area (TPSA) is 35.8 Å². The molecule has 0 spiro atoms. The minimum Gasteiger partial charge on any atom is -0.313 e. The zero-order valence-corrected chi connectivity index (χ0v) is 5.72. The van der Waals surface area contributed by atoms with Crippen LogP contribution in [0.3, 0.4) is 0 Å². The van der Waals surface area contributed by atoms with Crippen molar-refractivity contribution in [3.8, 4) is 6.07 Å². The summed E-state index contributed by atoms with van der Waals surface area (Å²) < 4.78 is 0. The maximum Gasteiger partial charge on any atom is 0.0638 e. The fourth-order valence-corrected chi connectivity index (χ4v) is 1.29. The molecule has 0 aliphatic carbocycles. The van der Waals surface area contributed by atoms with Gasteiger partial charge >= 0.3 is 0 Å². The van der Waals surface area contributed by atoms with Crippen LogP contribution in [-0.4, -0.2) is 12.6 Å². The minimum atomic E-state index is 0.477. The van der Waals surface area contributed by atoms with Gasteiger partial charge in [0, 0.05) is 6.04 Å². The first kappa shape index (κ1) is 6.57. The van der Waals surface area contributed by atoms with Gasteiger partial charge in [0.1, 0.15) is 0 Å². The zero-order valence-electron chi connectivity index (χ0n) is 5.72. The molecule has 1 aliphatic heterocycles. The summed E-state index contributed by atoms with van der Waals surface area (Å²) in [5.41, 5.74) is 0. The highest BCUT2D eigenvalue weighted by molar-refractivity contribution is 4.86. The van der Waals surface area contributed by atoms with Crippen molar-refractivity contribution in [2.75, 3.05) is 6.54 Å². The molecule has 1 fully saturated rings. The van der Waals surface area contributed by atoms with Crippen molar-refractivity contribution in [1.82, 2.24) is 5.32 Å². The molecular formula is C7H12N2. The van der Waals surface area contributed by atoms with Crippen LogP contribution in [0.4, 0.5) is 0 Å². The van der Waals surface area contributed by atoms with Gasteiger partial charge in [0.2, 0.25) is 0 Å². The van der Waals surface area contributed by atoms with Crippen molar-refractivity contribution in [3.63, 3.8) is 0 Å². The van der Waals surface area contributed by atoms with Gasteiger partial charge in [-0.1, -0.05) is 6.92 Å². The second-order valence-corrected chi connectivity index (χ2v) is 2.81.